The van der Waals surface area contributed by atoms with Crippen LogP contribution in [0.25, 0.3) is 10.8 Å². The van der Waals surface area contributed by atoms with Crippen molar-refractivity contribution in [3.05, 3.63) is 113 Å². The van der Waals surface area contributed by atoms with Gasteiger partial charge in [0.25, 0.3) is 10.0 Å². The number of benzene rings is 4. The SMILES string of the molecule is O=S(=O)(Nc1cccc2ccccc12)c1ccc2c(c1)[C@H]1C=CC[C@H]1[C@@H](c1ccccc1Br)N2. The quantitative estimate of drug-likeness (QED) is 0.273. The fraction of sp³-hybridized carbons (Fsp3) is 0.143. The van der Waals surface area contributed by atoms with Gasteiger partial charge in [0.05, 0.1) is 16.6 Å². The van der Waals surface area contributed by atoms with Crippen LogP contribution >= 0.6 is 15.9 Å². The van der Waals surface area contributed by atoms with E-state index in [0.717, 1.165) is 32.9 Å². The molecule has 0 fully saturated rings. The molecule has 0 unspecified atom stereocenters. The summed E-state index contributed by atoms with van der Waals surface area (Å²) in [7, 11) is -3.75. The monoisotopic (exact) mass is 530 g/mol. The molecule has 0 aromatic heterocycles. The Balaban J connectivity index is 1.37. The Labute approximate surface area is 207 Å². The van der Waals surface area contributed by atoms with Crippen LogP contribution in [0.4, 0.5) is 11.4 Å². The molecule has 0 bridgehead atoms. The van der Waals surface area contributed by atoms with Gasteiger partial charge in [-0.25, -0.2) is 8.42 Å². The van der Waals surface area contributed by atoms with Gasteiger partial charge >= 0.3 is 0 Å². The molecule has 0 spiro atoms. The highest BCUT2D eigenvalue weighted by molar-refractivity contribution is 9.10. The molecule has 34 heavy (non-hydrogen) atoms. The van der Waals surface area contributed by atoms with Crippen molar-refractivity contribution in [2.24, 2.45) is 5.92 Å². The third-order valence-electron chi connectivity index (χ3n) is 6.92. The van der Waals surface area contributed by atoms with Gasteiger partial charge in [-0.05, 0) is 59.2 Å². The van der Waals surface area contributed by atoms with Gasteiger partial charge in [-0.15, -0.1) is 0 Å². The van der Waals surface area contributed by atoms with Crippen LogP contribution in [-0.4, -0.2) is 8.42 Å². The molecule has 6 rings (SSSR count). The molecule has 2 N–H and O–H groups in total. The van der Waals surface area contributed by atoms with Crippen LogP contribution in [0.1, 0.15) is 29.5 Å². The molecule has 4 nitrogen and oxygen atoms in total. The Bertz CT molecular complexity index is 1540. The number of allylic oxidation sites excluding steroid dienone is 2. The molecule has 170 valence electrons. The molecule has 0 saturated carbocycles. The zero-order valence-electron chi connectivity index (χ0n) is 18.3. The molecule has 3 atom stereocenters. The summed E-state index contributed by atoms with van der Waals surface area (Å²) >= 11 is 3.71. The van der Waals surface area contributed by atoms with Crippen LogP contribution < -0.4 is 10.0 Å². The lowest BCUT2D eigenvalue weighted by Crippen LogP contribution is -2.29. The molecule has 1 aliphatic heterocycles. The van der Waals surface area contributed by atoms with Crippen molar-refractivity contribution < 1.29 is 8.42 Å². The number of hydrogen-bond acceptors (Lipinski definition) is 3. The van der Waals surface area contributed by atoms with Crippen molar-refractivity contribution >= 4 is 48.1 Å². The van der Waals surface area contributed by atoms with Gasteiger partial charge < -0.3 is 5.32 Å². The van der Waals surface area contributed by atoms with Crippen molar-refractivity contribution in [2.45, 2.75) is 23.3 Å². The predicted octanol–water partition coefficient (Wildman–Crippen LogP) is 7.23. The number of nitrogens with one attached hydrogen (secondary N) is 2. The molecular formula is C28H23BrN2O2S. The first-order valence-corrected chi connectivity index (χ1v) is 13.6. The zero-order valence-corrected chi connectivity index (χ0v) is 20.7. The normalized spacial score (nSPS) is 21.0. The van der Waals surface area contributed by atoms with E-state index in [9.17, 15) is 8.42 Å². The van der Waals surface area contributed by atoms with Crippen molar-refractivity contribution in [1.82, 2.24) is 0 Å². The van der Waals surface area contributed by atoms with Crippen LogP contribution in [0.5, 0.6) is 0 Å². The van der Waals surface area contributed by atoms with E-state index >= 15 is 0 Å². The Morgan fingerprint density at radius 2 is 1.68 bits per heavy atom. The van der Waals surface area contributed by atoms with E-state index < -0.39 is 10.0 Å². The minimum Gasteiger partial charge on any atom is -0.378 e. The number of halogens is 1. The standard InChI is InChI=1S/C28H23BrN2O2S/c29-25-13-4-3-10-23(25)28-22-12-6-11-21(22)24-17-19(15-16-26(24)30-28)34(32,33)31-27-14-5-8-18-7-1-2-9-20(18)27/h1-11,13-17,21-22,28,30-31H,12H2/t21-,22+,28-/m0/s1. The molecule has 1 heterocycles. The summed E-state index contributed by atoms with van der Waals surface area (Å²) in [6, 6.07) is 27.3. The van der Waals surface area contributed by atoms with Crippen molar-refractivity contribution in [2.75, 3.05) is 10.0 Å². The van der Waals surface area contributed by atoms with E-state index in [4.69, 9.17) is 0 Å². The largest absolute Gasteiger partial charge is 0.378 e. The highest BCUT2D eigenvalue weighted by Gasteiger charge is 2.39. The molecule has 2 aliphatic rings. The summed E-state index contributed by atoms with van der Waals surface area (Å²) in [5, 5.41) is 5.57. The van der Waals surface area contributed by atoms with Gasteiger partial charge in [0.1, 0.15) is 0 Å². The fourth-order valence-electron chi connectivity index (χ4n) is 5.29. The average molecular weight is 531 g/mol. The molecule has 0 radical (unpaired) electrons. The van der Waals surface area contributed by atoms with E-state index in [1.807, 2.05) is 54.6 Å². The third kappa shape index (κ3) is 3.62. The smallest absolute Gasteiger partial charge is 0.261 e. The van der Waals surface area contributed by atoms with Gasteiger partial charge in [0, 0.05) is 21.5 Å². The molecule has 1 aliphatic carbocycles. The minimum absolute atomic E-state index is 0.152. The van der Waals surface area contributed by atoms with Gasteiger partial charge in [0.15, 0.2) is 0 Å². The number of hydrogen-bond donors (Lipinski definition) is 2. The van der Waals surface area contributed by atoms with Gasteiger partial charge in [0.2, 0.25) is 0 Å². The topological polar surface area (TPSA) is 58.2 Å². The lowest BCUT2D eigenvalue weighted by molar-refractivity contribution is 0.424. The molecule has 0 saturated heterocycles. The highest BCUT2D eigenvalue weighted by atomic mass is 79.9. The molecule has 0 amide bonds. The zero-order chi connectivity index (χ0) is 23.3. The Hall–Kier alpha value is -3.09. The number of sulfonamides is 1. The summed E-state index contributed by atoms with van der Waals surface area (Å²) in [5.74, 6) is 0.497. The van der Waals surface area contributed by atoms with E-state index in [1.54, 1.807) is 12.1 Å². The van der Waals surface area contributed by atoms with Crippen LogP contribution in [0.2, 0.25) is 0 Å². The molecular weight excluding hydrogens is 508 g/mol. The second kappa shape index (κ2) is 8.29. The lowest BCUT2D eigenvalue weighted by Gasteiger charge is -2.38. The lowest BCUT2D eigenvalue weighted by atomic mass is 9.77. The second-order valence-corrected chi connectivity index (χ2v) is 11.4. The van der Waals surface area contributed by atoms with Crippen molar-refractivity contribution in [1.29, 1.82) is 0 Å². The maximum Gasteiger partial charge on any atom is 0.261 e. The van der Waals surface area contributed by atoms with Crippen molar-refractivity contribution in [3.63, 3.8) is 0 Å². The minimum atomic E-state index is -3.75. The van der Waals surface area contributed by atoms with E-state index in [2.05, 4.69) is 56.3 Å². The number of anilines is 2. The van der Waals surface area contributed by atoms with Crippen LogP contribution in [-0.2, 0) is 10.0 Å². The first-order chi connectivity index (χ1) is 16.5. The summed E-state index contributed by atoms with van der Waals surface area (Å²) in [6.07, 6.45) is 5.39. The maximum absolute atomic E-state index is 13.4. The average Bonchev–Trinajstić information content (AvgIpc) is 3.34. The maximum atomic E-state index is 13.4. The third-order valence-corrected chi connectivity index (χ3v) is 9.00. The summed E-state index contributed by atoms with van der Waals surface area (Å²) in [5.41, 5.74) is 3.82. The van der Waals surface area contributed by atoms with Crippen molar-refractivity contribution in [3.8, 4) is 0 Å². The Morgan fingerprint density at radius 1 is 0.882 bits per heavy atom. The number of fused-ring (bicyclic) bond motifs is 4. The molecule has 4 aromatic rings. The van der Waals surface area contributed by atoms with Crippen LogP contribution in [0.3, 0.4) is 0 Å². The number of rotatable bonds is 4. The van der Waals surface area contributed by atoms with Gasteiger partial charge in [-0.1, -0.05) is 82.7 Å². The van der Waals surface area contributed by atoms with Crippen LogP contribution in [0.15, 0.2) is 106 Å². The van der Waals surface area contributed by atoms with E-state index in [0.29, 0.717) is 11.6 Å². The van der Waals surface area contributed by atoms with E-state index in [1.165, 1.54) is 5.56 Å². The first-order valence-electron chi connectivity index (χ1n) is 11.3. The highest BCUT2D eigenvalue weighted by Crippen LogP contribution is 2.51. The van der Waals surface area contributed by atoms with Gasteiger partial charge in [-0.2, -0.15) is 0 Å². The first kappa shape index (κ1) is 21.4. The van der Waals surface area contributed by atoms with Crippen LogP contribution in [0, 0.1) is 5.92 Å². The summed E-state index contributed by atoms with van der Waals surface area (Å²) in [6.45, 7) is 0. The Kier molecular flexibility index (Phi) is 5.23. The Morgan fingerprint density at radius 3 is 2.56 bits per heavy atom. The summed E-state index contributed by atoms with van der Waals surface area (Å²) in [4.78, 5) is 0.277. The molecule has 4 aromatic carbocycles. The van der Waals surface area contributed by atoms with Gasteiger partial charge in [-0.3, -0.25) is 4.72 Å². The second-order valence-electron chi connectivity index (χ2n) is 8.88. The molecule has 6 heteroatoms. The fourth-order valence-corrected chi connectivity index (χ4v) is 6.94. The van der Waals surface area contributed by atoms with E-state index in [-0.39, 0.29) is 16.9 Å². The predicted molar refractivity (Wildman–Crippen MR) is 142 cm³/mol. The summed E-state index contributed by atoms with van der Waals surface area (Å²) < 4.78 is 30.7.